The molecule has 0 bridgehead atoms. The standard InChI is InChI=1S/C31H29FN4O4S/c1-2-3-11-40-28-15-25-27(14-24(28)20-13-22(18-34-17-20)41(32,38)39)36(21-7-5-4-6-8-21)31-29(30(25)37)23-10-9-19(16-33)12-26(23)35-31/h9-10,12-15,17-18,21,35H,2-8,11H2,1H3. The minimum atomic E-state index is -4.98. The first-order valence-electron chi connectivity index (χ1n) is 13.9. The fourth-order valence-electron chi connectivity index (χ4n) is 5.96. The lowest BCUT2D eigenvalue weighted by molar-refractivity contribution is 0.311. The van der Waals surface area contributed by atoms with Gasteiger partial charge in [0.05, 0.1) is 34.5 Å². The Morgan fingerprint density at radius 1 is 1.12 bits per heavy atom. The van der Waals surface area contributed by atoms with Gasteiger partial charge in [0, 0.05) is 40.5 Å². The van der Waals surface area contributed by atoms with E-state index in [1.807, 2.05) is 19.1 Å². The number of ether oxygens (including phenoxy) is 1. The molecule has 41 heavy (non-hydrogen) atoms. The van der Waals surface area contributed by atoms with Crippen LogP contribution in [0.1, 0.15) is 63.5 Å². The zero-order valence-electron chi connectivity index (χ0n) is 22.6. The molecule has 0 unspecified atom stereocenters. The fraction of sp³-hybridized carbons (Fsp3) is 0.323. The molecule has 3 heterocycles. The van der Waals surface area contributed by atoms with Crippen molar-refractivity contribution in [3.63, 3.8) is 0 Å². The normalized spacial score (nSPS) is 14.6. The van der Waals surface area contributed by atoms with E-state index in [4.69, 9.17) is 4.74 Å². The molecule has 1 N–H and O–H groups in total. The van der Waals surface area contributed by atoms with E-state index in [0.29, 0.717) is 56.5 Å². The Balaban J connectivity index is 1.71. The van der Waals surface area contributed by atoms with Crippen molar-refractivity contribution >= 4 is 43.1 Å². The summed E-state index contributed by atoms with van der Waals surface area (Å²) in [6.07, 6.45) is 9.26. The minimum Gasteiger partial charge on any atom is -0.493 e. The first-order chi connectivity index (χ1) is 19.8. The second kappa shape index (κ2) is 10.6. The van der Waals surface area contributed by atoms with E-state index in [0.717, 1.165) is 56.5 Å². The number of fused-ring (bicyclic) bond motifs is 4. The highest BCUT2D eigenvalue weighted by Gasteiger charge is 2.25. The average Bonchev–Trinajstić information content (AvgIpc) is 3.36. The summed E-state index contributed by atoms with van der Waals surface area (Å²) in [7, 11) is -4.98. The molecule has 1 aliphatic rings. The van der Waals surface area contributed by atoms with E-state index >= 15 is 0 Å². The third-order valence-electron chi connectivity index (χ3n) is 7.98. The van der Waals surface area contributed by atoms with E-state index in [9.17, 15) is 22.4 Å². The number of nitrogens with one attached hydrogen (secondary N) is 1. The van der Waals surface area contributed by atoms with Crippen molar-refractivity contribution < 1.29 is 17.0 Å². The number of H-pyrrole nitrogens is 1. The van der Waals surface area contributed by atoms with Gasteiger partial charge in [-0.25, -0.2) is 0 Å². The fourth-order valence-corrected chi connectivity index (χ4v) is 6.41. The molecule has 0 atom stereocenters. The van der Waals surface area contributed by atoms with E-state index in [1.54, 1.807) is 18.2 Å². The number of hydrogen-bond donors (Lipinski definition) is 1. The SMILES string of the molecule is CCCCOc1cc2c(=O)c3c4ccc(C#N)cc4[nH]c3n(C3CCCCC3)c2cc1-c1cncc(S(=O)(=O)F)c1. The van der Waals surface area contributed by atoms with Crippen LogP contribution in [0, 0.1) is 11.3 Å². The smallest absolute Gasteiger partial charge is 0.333 e. The third kappa shape index (κ3) is 4.84. The van der Waals surface area contributed by atoms with E-state index in [-0.39, 0.29) is 11.5 Å². The van der Waals surface area contributed by atoms with Gasteiger partial charge >= 0.3 is 10.2 Å². The number of pyridine rings is 2. The van der Waals surface area contributed by atoms with Crippen LogP contribution in [0.2, 0.25) is 0 Å². The van der Waals surface area contributed by atoms with Crippen LogP contribution in [0.15, 0.2) is 58.5 Å². The number of nitriles is 1. The average molecular weight is 573 g/mol. The number of hydrogen-bond acceptors (Lipinski definition) is 6. The maximum absolute atomic E-state index is 14.2. The second-order valence-corrected chi connectivity index (χ2v) is 12.0. The molecule has 10 heteroatoms. The van der Waals surface area contributed by atoms with E-state index in [1.165, 1.54) is 12.3 Å². The summed E-state index contributed by atoms with van der Waals surface area (Å²) < 4.78 is 45.7. The van der Waals surface area contributed by atoms with Crippen molar-refractivity contribution in [1.82, 2.24) is 14.5 Å². The molecule has 0 radical (unpaired) electrons. The Bertz CT molecular complexity index is 2020. The summed E-state index contributed by atoms with van der Waals surface area (Å²) in [5, 5.41) is 11.2. The largest absolute Gasteiger partial charge is 0.493 e. The molecule has 8 nitrogen and oxygen atoms in total. The van der Waals surface area contributed by atoms with Gasteiger partial charge in [-0.05, 0) is 49.6 Å². The Labute approximate surface area is 236 Å². The topological polar surface area (TPSA) is 118 Å². The summed E-state index contributed by atoms with van der Waals surface area (Å²) in [5.41, 5.74) is 3.29. The highest BCUT2D eigenvalue weighted by Crippen LogP contribution is 2.40. The minimum absolute atomic E-state index is 0.119. The van der Waals surface area contributed by atoms with Gasteiger partial charge in [-0.15, -0.1) is 3.89 Å². The lowest BCUT2D eigenvalue weighted by Crippen LogP contribution is -2.18. The molecule has 1 saturated carbocycles. The third-order valence-corrected chi connectivity index (χ3v) is 8.77. The van der Waals surface area contributed by atoms with Crippen LogP contribution >= 0.6 is 0 Å². The van der Waals surface area contributed by atoms with Crippen LogP contribution in [0.3, 0.4) is 0 Å². The quantitative estimate of drug-likeness (QED) is 0.167. The molecule has 3 aromatic heterocycles. The van der Waals surface area contributed by atoms with Gasteiger partial charge in [-0.2, -0.15) is 13.7 Å². The number of benzene rings is 2. The Kier molecular flexibility index (Phi) is 6.99. The first kappa shape index (κ1) is 27.0. The van der Waals surface area contributed by atoms with Crippen molar-refractivity contribution in [3.05, 3.63) is 64.6 Å². The molecule has 210 valence electrons. The Morgan fingerprint density at radius 2 is 1.93 bits per heavy atom. The number of aromatic nitrogens is 3. The van der Waals surface area contributed by atoms with Crippen LogP contribution in [-0.4, -0.2) is 29.6 Å². The van der Waals surface area contributed by atoms with Crippen LogP contribution in [0.25, 0.3) is 44.0 Å². The second-order valence-electron chi connectivity index (χ2n) is 10.6. The zero-order chi connectivity index (χ0) is 28.7. The van der Waals surface area contributed by atoms with Crippen LogP contribution in [-0.2, 0) is 10.2 Å². The lowest BCUT2D eigenvalue weighted by atomic mass is 9.94. The summed E-state index contributed by atoms with van der Waals surface area (Å²) in [6, 6.07) is 12.4. The van der Waals surface area contributed by atoms with Crippen molar-refractivity contribution in [2.75, 3.05) is 6.61 Å². The van der Waals surface area contributed by atoms with Crippen LogP contribution < -0.4 is 10.2 Å². The van der Waals surface area contributed by atoms with Crippen LogP contribution in [0.5, 0.6) is 5.75 Å². The summed E-state index contributed by atoms with van der Waals surface area (Å²) in [4.78, 5) is 21.1. The Hall–Kier alpha value is -4.23. The molecule has 5 aromatic rings. The molecule has 0 spiro atoms. The number of halogens is 1. The molecule has 0 aliphatic heterocycles. The number of unbranched alkanes of at least 4 members (excludes halogenated alkanes) is 1. The number of rotatable bonds is 7. The molecule has 1 fully saturated rings. The van der Waals surface area contributed by atoms with Gasteiger partial charge < -0.3 is 14.3 Å². The van der Waals surface area contributed by atoms with Gasteiger partial charge in [-0.3, -0.25) is 9.78 Å². The van der Waals surface area contributed by atoms with Crippen LogP contribution in [0.4, 0.5) is 3.89 Å². The highest BCUT2D eigenvalue weighted by atomic mass is 32.3. The lowest BCUT2D eigenvalue weighted by Gasteiger charge is -2.27. The zero-order valence-corrected chi connectivity index (χ0v) is 23.4. The molecule has 0 amide bonds. The van der Waals surface area contributed by atoms with Crippen molar-refractivity contribution in [2.24, 2.45) is 0 Å². The highest BCUT2D eigenvalue weighted by molar-refractivity contribution is 7.86. The van der Waals surface area contributed by atoms with Gasteiger partial charge in [0.15, 0.2) is 5.43 Å². The predicted octanol–water partition coefficient (Wildman–Crippen LogP) is 6.91. The van der Waals surface area contributed by atoms with Crippen molar-refractivity contribution in [1.29, 1.82) is 5.26 Å². The first-order valence-corrected chi connectivity index (χ1v) is 15.3. The predicted molar refractivity (Wildman–Crippen MR) is 156 cm³/mol. The number of nitrogens with zero attached hydrogens (tertiary/aromatic N) is 3. The van der Waals surface area contributed by atoms with E-state index in [2.05, 4.69) is 20.6 Å². The molecule has 1 aliphatic carbocycles. The summed E-state index contributed by atoms with van der Waals surface area (Å²) in [6.45, 7) is 2.44. The molecular weight excluding hydrogens is 543 g/mol. The molecule has 6 rings (SSSR count). The van der Waals surface area contributed by atoms with Gasteiger partial charge in [-0.1, -0.05) is 38.7 Å². The van der Waals surface area contributed by atoms with Gasteiger partial charge in [0.25, 0.3) is 0 Å². The summed E-state index contributed by atoms with van der Waals surface area (Å²) in [5.74, 6) is 0.402. The van der Waals surface area contributed by atoms with E-state index < -0.39 is 15.1 Å². The van der Waals surface area contributed by atoms with Crippen molar-refractivity contribution in [2.45, 2.75) is 62.8 Å². The van der Waals surface area contributed by atoms with Gasteiger partial charge in [0.2, 0.25) is 0 Å². The molecule has 2 aromatic carbocycles. The molecule has 0 saturated heterocycles. The van der Waals surface area contributed by atoms with Gasteiger partial charge in [0.1, 0.15) is 16.3 Å². The number of aromatic amines is 1. The Morgan fingerprint density at radius 3 is 2.66 bits per heavy atom. The summed E-state index contributed by atoms with van der Waals surface area (Å²) >= 11 is 0. The van der Waals surface area contributed by atoms with Crippen molar-refractivity contribution in [3.8, 4) is 22.9 Å². The maximum Gasteiger partial charge on any atom is 0.333 e. The maximum atomic E-state index is 14.2. The molecular formula is C31H29FN4O4S. The monoisotopic (exact) mass is 572 g/mol.